The number of nitrogens with one attached hydrogen (secondary N) is 2. The van der Waals surface area contributed by atoms with Crippen LogP contribution in [0.4, 0.5) is 10.5 Å². The van der Waals surface area contributed by atoms with E-state index < -0.39 is 24.1 Å². The number of fused-ring (bicyclic) bond motifs is 1. The summed E-state index contributed by atoms with van der Waals surface area (Å²) in [4.78, 5) is 23.9. The van der Waals surface area contributed by atoms with Crippen LogP contribution in [-0.4, -0.2) is 30.3 Å². The summed E-state index contributed by atoms with van der Waals surface area (Å²) in [7, 11) is 1.32. The lowest BCUT2D eigenvalue weighted by molar-refractivity contribution is 0.0600. The number of carbonyl (C=O) groups excluding carboxylic acids is 2. The maximum atomic E-state index is 12.3. The summed E-state index contributed by atoms with van der Waals surface area (Å²) in [6.45, 7) is 1.79. The summed E-state index contributed by atoms with van der Waals surface area (Å²) >= 11 is 0. The first-order chi connectivity index (χ1) is 12.0. The van der Waals surface area contributed by atoms with Crippen LogP contribution < -0.4 is 10.6 Å². The number of aryl methyl sites for hydroxylation is 1. The Kier molecular flexibility index (Phi) is 4.72. The van der Waals surface area contributed by atoms with Gasteiger partial charge < -0.3 is 20.5 Å². The molecule has 3 N–H and O–H groups in total. The van der Waals surface area contributed by atoms with Gasteiger partial charge in [-0.25, -0.2) is 9.59 Å². The molecule has 1 aliphatic carbocycles. The number of amides is 2. The molecular weight excluding hydrogens is 320 g/mol. The van der Waals surface area contributed by atoms with Crippen molar-refractivity contribution in [1.29, 1.82) is 0 Å². The second kappa shape index (κ2) is 6.94. The van der Waals surface area contributed by atoms with Gasteiger partial charge in [0.25, 0.3) is 0 Å². The minimum Gasteiger partial charge on any atom is -0.465 e. The third kappa shape index (κ3) is 3.49. The zero-order valence-electron chi connectivity index (χ0n) is 14.1. The van der Waals surface area contributed by atoms with Gasteiger partial charge in [0.05, 0.1) is 24.8 Å². The smallest absolute Gasteiger partial charge is 0.337 e. The Morgan fingerprint density at radius 1 is 1.20 bits per heavy atom. The van der Waals surface area contributed by atoms with Gasteiger partial charge in [-0.15, -0.1) is 0 Å². The van der Waals surface area contributed by atoms with E-state index in [0.717, 1.165) is 16.7 Å². The molecular formula is C19H20N2O4. The van der Waals surface area contributed by atoms with E-state index in [4.69, 9.17) is 0 Å². The molecule has 2 aromatic carbocycles. The number of urea groups is 1. The third-order valence-corrected chi connectivity index (χ3v) is 4.39. The molecule has 0 saturated heterocycles. The van der Waals surface area contributed by atoms with Gasteiger partial charge in [0.15, 0.2) is 0 Å². The lowest BCUT2D eigenvalue weighted by atomic mass is 10.1. The van der Waals surface area contributed by atoms with Crippen molar-refractivity contribution in [1.82, 2.24) is 5.32 Å². The largest absolute Gasteiger partial charge is 0.465 e. The fourth-order valence-corrected chi connectivity index (χ4v) is 3.10. The number of aliphatic hydroxyl groups is 1. The Morgan fingerprint density at radius 2 is 1.96 bits per heavy atom. The van der Waals surface area contributed by atoms with Crippen molar-refractivity contribution in [3.05, 3.63) is 64.7 Å². The minimum absolute atomic E-state index is 0.408. The van der Waals surface area contributed by atoms with Crippen molar-refractivity contribution in [3.63, 3.8) is 0 Å². The monoisotopic (exact) mass is 340 g/mol. The van der Waals surface area contributed by atoms with E-state index in [2.05, 4.69) is 15.4 Å². The quantitative estimate of drug-likeness (QED) is 0.750. The molecule has 2 atom stereocenters. The van der Waals surface area contributed by atoms with Crippen LogP contribution in [0.1, 0.15) is 33.1 Å². The summed E-state index contributed by atoms with van der Waals surface area (Å²) in [6, 6.07) is 11.7. The van der Waals surface area contributed by atoms with Gasteiger partial charge in [0.1, 0.15) is 0 Å². The van der Waals surface area contributed by atoms with E-state index in [-0.39, 0.29) is 0 Å². The molecule has 0 saturated carbocycles. The third-order valence-electron chi connectivity index (χ3n) is 4.39. The molecule has 0 heterocycles. The lowest BCUT2D eigenvalue weighted by Crippen LogP contribution is -2.36. The molecule has 25 heavy (non-hydrogen) atoms. The van der Waals surface area contributed by atoms with Gasteiger partial charge in [-0.3, -0.25) is 0 Å². The van der Waals surface area contributed by atoms with Gasteiger partial charge in [-0.1, -0.05) is 24.3 Å². The first kappa shape index (κ1) is 17.0. The molecule has 0 fully saturated rings. The molecule has 0 spiro atoms. The van der Waals surface area contributed by atoms with Gasteiger partial charge in [0, 0.05) is 12.1 Å². The van der Waals surface area contributed by atoms with Crippen LogP contribution in [0.15, 0.2) is 42.5 Å². The number of methoxy groups -OCH3 is 1. The number of hydrogen-bond acceptors (Lipinski definition) is 4. The number of ether oxygens (including phenoxy) is 1. The second-order valence-electron chi connectivity index (χ2n) is 6.07. The Bertz CT molecular complexity index is 819. The fraction of sp³-hybridized carbons (Fsp3) is 0.263. The Morgan fingerprint density at radius 3 is 2.68 bits per heavy atom. The predicted octanol–water partition coefficient (Wildman–Crippen LogP) is 2.56. The molecule has 0 unspecified atom stereocenters. The maximum absolute atomic E-state index is 12.3. The summed E-state index contributed by atoms with van der Waals surface area (Å²) in [5.41, 5.74) is 3.73. The second-order valence-corrected chi connectivity index (χ2v) is 6.07. The van der Waals surface area contributed by atoms with Crippen molar-refractivity contribution in [2.45, 2.75) is 25.5 Å². The van der Waals surface area contributed by atoms with E-state index >= 15 is 0 Å². The number of aliphatic hydroxyl groups excluding tert-OH is 1. The van der Waals surface area contributed by atoms with Gasteiger partial charge >= 0.3 is 12.0 Å². The fourth-order valence-electron chi connectivity index (χ4n) is 3.10. The van der Waals surface area contributed by atoms with E-state index in [1.54, 1.807) is 25.1 Å². The number of rotatable bonds is 3. The zero-order valence-corrected chi connectivity index (χ0v) is 14.1. The van der Waals surface area contributed by atoms with Crippen LogP contribution in [0.5, 0.6) is 0 Å². The predicted molar refractivity (Wildman–Crippen MR) is 93.6 cm³/mol. The van der Waals surface area contributed by atoms with Crippen LogP contribution in [0.25, 0.3) is 0 Å². The number of esters is 1. The number of hydrogen-bond donors (Lipinski definition) is 3. The van der Waals surface area contributed by atoms with E-state index in [1.807, 2.05) is 24.3 Å². The summed E-state index contributed by atoms with van der Waals surface area (Å²) in [5.74, 6) is -0.426. The highest BCUT2D eigenvalue weighted by molar-refractivity contribution is 5.93. The number of carbonyl (C=O) groups is 2. The molecule has 3 rings (SSSR count). The van der Waals surface area contributed by atoms with Crippen molar-refractivity contribution >= 4 is 17.7 Å². The van der Waals surface area contributed by atoms with Crippen LogP contribution in [-0.2, 0) is 11.2 Å². The molecule has 0 aliphatic heterocycles. The normalized spacial score (nSPS) is 18.4. The maximum Gasteiger partial charge on any atom is 0.337 e. The van der Waals surface area contributed by atoms with Gasteiger partial charge in [-0.05, 0) is 41.8 Å². The average Bonchev–Trinajstić information content (AvgIpc) is 2.91. The lowest BCUT2D eigenvalue weighted by Gasteiger charge is -2.19. The SMILES string of the molecule is COC(=O)c1ccc(NC(=O)N[C@H]2c3ccccc3C[C@H]2O)c(C)c1. The van der Waals surface area contributed by atoms with Crippen LogP contribution in [0, 0.1) is 6.92 Å². The van der Waals surface area contributed by atoms with Crippen molar-refractivity contribution in [2.75, 3.05) is 12.4 Å². The van der Waals surface area contributed by atoms with Gasteiger partial charge in [0.2, 0.25) is 0 Å². The van der Waals surface area contributed by atoms with E-state index in [0.29, 0.717) is 17.7 Å². The molecule has 0 bridgehead atoms. The molecule has 6 heteroatoms. The molecule has 0 aromatic heterocycles. The summed E-state index contributed by atoms with van der Waals surface area (Å²) < 4.78 is 4.68. The van der Waals surface area contributed by atoms with E-state index in [9.17, 15) is 14.7 Å². The Balaban J connectivity index is 1.70. The van der Waals surface area contributed by atoms with Crippen LogP contribution >= 0.6 is 0 Å². The van der Waals surface area contributed by atoms with Crippen molar-refractivity contribution < 1.29 is 19.4 Å². The molecule has 6 nitrogen and oxygen atoms in total. The molecule has 130 valence electrons. The standard InChI is InChI=1S/C19H20N2O4/c1-11-9-13(18(23)25-2)7-8-15(11)20-19(24)21-17-14-6-4-3-5-12(14)10-16(17)22/h3-9,16-17,22H,10H2,1-2H3,(H2,20,21,24)/t16-,17+/m1/s1. The van der Waals surface area contributed by atoms with Crippen molar-refractivity contribution in [2.24, 2.45) is 0 Å². The highest BCUT2D eigenvalue weighted by atomic mass is 16.5. The Hall–Kier alpha value is -2.86. The first-order valence-electron chi connectivity index (χ1n) is 8.02. The zero-order chi connectivity index (χ0) is 18.0. The summed E-state index contributed by atoms with van der Waals surface area (Å²) in [5, 5.41) is 15.8. The van der Waals surface area contributed by atoms with Crippen LogP contribution in [0.2, 0.25) is 0 Å². The topological polar surface area (TPSA) is 87.7 Å². The van der Waals surface area contributed by atoms with E-state index in [1.165, 1.54) is 7.11 Å². The number of anilines is 1. The molecule has 0 radical (unpaired) electrons. The highest BCUT2D eigenvalue weighted by Crippen LogP contribution is 2.31. The molecule has 1 aliphatic rings. The number of benzene rings is 2. The summed E-state index contributed by atoms with van der Waals surface area (Å²) in [6.07, 6.45) is -0.125. The van der Waals surface area contributed by atoms with Gasteiger partial charge in [-0.2, -0.15) is 0 Å². The van der Waals surface area contributed by atoms with Crippen molar-refractivity contribution in [3.8, 4) is 0 Å². The first-order valence-corrected chi connectivity index (χ1v) is 8.02. The average molecular weight is 340 g/mol. The Labute approximate surface area is 145 Å². The molecule has 2 amide bonds. The molecule has 2 aromatic rings. The van der Waals surface area contributed by atoms with Crippen LogP contribution in [0.3, 0.4) is 0 Å². The minimum atomic E-state index is -0.647. The highest BCUT2D eigenvalue weighted by Gasteiger charge is 2.31.